The summed E-state index contributed by atoms with van der Waals surface area (Å²) in [5, 5.41) is 14.5. The van der Waals surface area contributed by atoms with E-state index < -0.39 is 0 Å². The zero-order valence-electron chi connectivity index (χ0n) is 17.5. The number of fused-ring (bicyclic) bond motifs is 1. The summed E-state index contributed by atoms with van der Waals surface area (Å²) in [4.78, 5) is 12.5. The highest BCUT2D eigenvalue weighted by Crippen LogP contribution is 2.24. The Morgan fingerprint density at radius 2 is 1.74 bits per heavy atom. The highest BCUT2D eigenvalue weighted by atomic mass is 32.2. The van der Waals surface area contributed by atoms with Crippen LogP contribution >= 0.6 is 23.5 Å². The summed E-state index contributed by atoms with van der Waals surface area (Å²) < 4.78 is 1.97. The topological polar surface area (TPSA) is 59.8 Å². The summed E-state index contributed by atoms with van der Waals surface area (Å²) in [6.45, 7) is 2.10. The van der Waals surface area contributed by atoms with E-state index in [0.29, 0.717) is 0 Å². The van der Waals surface area contributed by atoms with Crippen molar-refractivity contribution in [1.82, 2.24) is 14.8 Å². The first kappa shape index (κ1) is 21.5. The maximum atomic E-state index is 12.5. The fraction of sp³-hybridized carbons (Fsp3) is 0.208. The number of anilines is 1. The quantitative estimate of drug-likeness (QED) is 0.364. The first-order valence-corrected chi connectivity index (χ1v) is 12.2. The second kappa shape index (κ2) is 10.0. The van der Waals surface area contributed by atoms with Crippen LogP contribution in [0.25, 0.3) is 10.8 Å². The molecule has 0 spiro atoms. The predicted molar refractivity (Wildman–Crippen MR) is 130 cm³/mol. The molecule has 5 nitrogen and oxygen atoms in total. The van der Waals surface area contributed by atoms with Gasteiger partial charge in [-0.05, 0) is 23.9 Å². The van der Waals surface area contributed by atoms with E-state index in [0.717, 1.165) is 38.9 Å². The Labute approximate surface area is 190 Å². The van der Waals surface area contributed by atoms with Gasteiger partial charge in [0.25, 0.3) is 0 Å². The van der Waals surface area contributed by atoms with E-state index in [4.69, 9.17) is 0 Å². The molecule has 0 bridgehead atoms. The number of nitrogens with zero attached hydrogens (tertiary/aromatic N) is 3. The molecular formula is C24H24N4OS2. The Hall–Kier alpha value is -2.77. The number of hydrogen-bond donors (Lipinski definition) is 1. The first-order valence-electron chi connectivity index (χ1n) is 10.0. The molecular weight excluding hydrogens is 424 g/mol. The van der Waals surface area contributed by atoms with Gasteiger partial charge in [-0.15, -0.1) is 22.0 Å². The van der Waals surface area contributed by atoms with Crippen molar-refractivity contribution < 1.29 is 4.79 Å². The van der Waals surface area contributed by atoms with Crippen LogP contribution in [0, 0.1) is 6.92 Å². The Balaban J connectivity index is 1.30. The average molecular weight is 449 g/mol. The molecule has 31 heavy (non-hydrogen) atoms. The Kier molecular flexibility index (Phi) is 6.94. The maximum Gasteiger partial charge on any atom is 0.234 e. The lowest BCUT2D eigenvalue weighted by Crippen LogP contribution is -2.14. The molecule has 1 heterocycles. The van der Waals surface area contributed by atoms with Crippen LogP contribution in [-0.2, 0) is 23.3 Å². The van der Waals surface area contributed by atoms with Gasteiger partial charge in [0.1, 0.15) is 5.82 Å². The molecule has 0 saturated carbocycles. The van der Waals surface area contributed by atoms with Crippen molar-refractivity contribution in [1.29, 1.82) is 0 Å². The van der Waals surface area contributed by atoms with Gasteiger partial charge in [-0.2, -0.15) is 0 Å². The summed E-state index contributed by atoms with van der Waals surface area (Å²) in [5.74, 6) is 2.85. The molecule has 7 heteroatoms. The molecule has 0 radical (unpaired) electrons. The lowest BCUT2D eigenvalue weighted by molar-refractivity contribution is -0.113. The third-order valence-electron chi connectivity index (χ3n) is 4.94. The summed E-state index contributed by atoms with van der Waals surface area (Å²) in [7, 11) is 1.95. The maximum absolute atomic E-state index is 12.5. The molecule has 0 saturated heterocycles. The van der Waals surface area contributed by atoms with E-state index in [9.17, 15) is 4.79 Å². The van der Waals surface area contributed by atoms with E-state index in [1.54, 1.807) is 0 Å². The highest BCUT2D eigenvalue weighted by Gasteiger charge is 2.12. The minimum atomic E-state index is -0.0559. The molecule has 0 fully saturated rings. The van der Waals surface area contributed by atoms with E-state index in [2.05, 4.69) is 46.7 Å². The van der Waals surface area contributed by atoms with E-state index in [1.165, 1.54) is 22.9 Å². The molecule has 0 aliphatic rings. The van der Waals surface area contributed by atoms with Crippen LogP contribution in [0.3, 0.4) is 0 Å². The lowest BCUT2D eigenvalue weighted by atomic mass is 10.1. The number of aryl methyl sites for hydroxylation is 1. The summed E-state index contributed by atoms with van der Waals surface area (Å²) in [6, 6.07) is 22.5. The monoisotopic (exact) mass is 448 g/mol. The van der Waals surface area contributed by atoms with Crippen molar-refractivity contribution in [2.24, 2.45) is 7.05 Å². The summed E-state index contributed by atoms with van der Waals surface area (Å²) in [6.07, 6.45) is 0. The smallest absolute Gasteiger partial charge is 0.234 e. The van der Waals surface area contributed by atoms with Crippen LogP contribution < -0.4 is 5.32 Å². The number of carbonyl (C=O) groups excluding carboxylic acids is 1. The molecule has 4 aromatic rings. The zero-order chi connectivity index (χ0) is 21.6. The number of carbonyl (C=O) groups is 1. The van der Waals surface area contributed by atoms with Crippen LogP contribution in [0.4, 0.5) is 5.69 Å². The van der Waals surface area contributed by atoms with Crippen LogP contribution in [0.1, 0.15) is 17.0 Å². The lowest BCUT2D eigenvalue weighted by Gasteiger charge is -2.08. The number of hydrogen-bond acceptors (Lipinski definition) is 5. The second-order valence-electron chi connectivity index (χ2n) is 7.30. The predicted octanol–water partition coefficient (Wildman–Crippen LogP) is 5.44. The van der Waals surface area contributed by atoms with Crippen LogP contribution in [0.2, 0.25) is 0 Å². The molecule has 0 aliphatic carbocycles. The van der Waals surface area contributed by atoms with Crippen molar-refractivity contribution in [3.8, 4) is 0 Å². The van der Waals surface area contributed by atoms with E-state index in [-0.39, 0.29) is 11.7 Å². The van der Waals surface area contributed by atoms with Crippen molar-refractivity contribution in [3.05, 3.63) is 83.7 Å². The molecule has 3 aromatic carbocycles. The van der Waals surface area contributed by atoms with Crippen LogP contribution in [0.5, 0.6) is 0 Å². The van der Waals surface area contributed by atoms with Crippen LogP contribution in [0.15, 0.2) is 71.9 Å². The Morgan fingerprint density at radius 1 is 0.968 bits per heavy atom. The fourth-order valence-corrected chi connectivity index (χ4v) is 4.89. The average Bonchev–Trinajstić information content (AvgIpc) is 3.13. The van der Waals surface area contributed by atoms with Gasteiger partial charge in [0.05, 0.1) is 11.5 Å². The third kappa shape index (κ3) is 5.48. The normalized spacial score (nSPS) is 11.0. The number of aromatic nitrogens is 3. The van der Waals surface area contributed by atoms with Gasteiger partial charge in [-0.3, -0.25) is 4.79 Å². The standard InChI is InChI=1S/C24H24N4OS2/c1-17-10-12-18(13-11-17)14-30-15-22-26-27-24(28(22)2)31-16-23(29)25-21-9-5-7-19-6-3-4-8-20(19)21/h3-13H,14-16H2,1-2H3,(H,25,29). The SMILES string of the molecule is Cc1ccc(CSCc2nnc(SCC(=O)Nc3cccc4ccccc34)n2C)cc1. The largest absolute Gasteiger partial charge is 0.325 e. The number of amides is 1. The Bertz CT molecular complexity index is 1180. The number of rotatable bonds is 8. The summed E-state index contributed by atoms with van der Waals surface area (Å²) >= 11 is 3.21. The van der Waals surface area contributed by atoms with E-state index in [1.807, 2.05) is 65.8 Å². The minimum absolute atomic E-state index is 0.0559. The zero-order valence-corrected chi connectivity index (χ0v) is 19.2. The third-order valence-corrected chi connectivity index (χ3v) is 6.96. The molecule has 158 valence electrons. The molecule has 0 unspecified atom stereocenters. The van der Waals surface area contributed by atoms with Gasteiger partial charge in [0.15, 0.2) is 5.16 Å². The van der Waals surface area contributed by atoms with Gasteiger partial charge in [0, 0.05) is 23.9 Å². The van der Waals surface area contributed by atoms with Crippen LogP contribution in [-0.4, -0.2) is 26.4 Å². The van der Waals surface area contributed by atoms with Gasteiger partial charge in [-0.25, -0.2) is 0 Å². The van der Waals surface area contributed by atoms with Gasteiger partial charge in [-0.1, -0.05) is 78.0 Å². The molecule has 1 N–H and O–H groups in total. The number of thioether (sulfide) groups is 2. The molecule has 0 atom stereocenters. The fourth-order valence-electron chi connectivity index (χ4n) is 3.19. The van der Waals surface area contributed by atoms with E-state index >= 15 is 0 Å². The van der Waals surface area contributed by atoms with Crippen molar-refractivity contribution in [3.63, 3.8) is 0 Å². The van der Waals surface area contributed by atoms with Crippen molar-refractivity contribution in [2.45, 2.75) is 23.6 Å². The number of benzene rings is 3. The summed E-state index contributed by atoms with van der Waals surface area (Å²) in [5.41, 5.74) is 3.40. The molecule has 1 amide bonds. The van der Waals surface area contributed by atoms with Gasteiger partial charge >= 0.3 is 0 Å². The van der Waals surface area contributed by atoms with Gasteiger partial charge < -0.3 is 9.88 Å². The number of nitrogens with one attached hydrogen (secondary N) is 1. The Morgan fingerprint density at radius 3 is 2.58 bits per heavy atom. The second-order valence-corrected chi connectivity index (χ2v) is 9.23. The van der Waals surface area contributed by atoms with Crippen molar-refractivity contribution >= 4 is 45.9 Å². The first-order chi connectivity index (χ1) is 15.1. The highest BCUT2D eigenvalue weighted by molar-refractivity contribution is 7.99. The molecule has 4 rings (SSSR count). The van der Waals surface area contributed by atoms with Crippen molar-refractivity contribution in [2.75, 3.05) is 11.1 Å². The molecule has 1 aromatic heterocycles. The van der Waals surface area contributed by atoms with Gasteiger partial charge in [0.2, 0.25) is 5.91 Å². The molecule has 0 aliphatic heterocycles. The minimum Gasteiger partial charge on any atom is -0.325 e.